The van der Waals surface area contributed by atoms with Crippen molar-refractivity contribution in [3.8, 4) is 5.75 Å². The topological polar surface area (TPSA) is 58.6 Å². The Morgan fingerprint density at radius 3 is 2.19 bits per heavy atom. The number of rotatable bonds is 11. The summed E-state index contributed by atoms with van der Waals surface area (Å²) in [5, 5.41) is 2.96. The number of hydrogen-bond donors (Lipinski definition) is 1. The third-order valence-electron chi connectivity index (χ3n) is 5.14. The number of nitrogens with zero attached hydrogens (tertiary/aromatic N) is 1. The molecule has 2 amide bonds. The van der Waals surface area contributed by atoms with Crippen molar-refractivity contribution in [2.45, 2.75) is 53.0 Å². The lowest BCUT2D eigenvalue weighted by Gasteiger charge is -2.29. The van der Waals surface area contributed by atoms with Crippen LogP contribution in [0.2, 0.25) is 0 Å². The highest BCUT2D eigenvalue weighted by Gasteiger charge is 2.26. The molecule has 0 spiro atoms. The molecule has 6 heteroatoms. The normalized spacial score (nSPS) is 11.8. The van der Waals surface area contributed by atoms with Gasteiger partial charge in [0, 0.05) is 18.8 Å². The number of amides is 2. The molecule has 0 bridgehead atoms. The monoisotopic (exact) mass is 456 g/mol. The summed E-state index contributed by atoms with van der Waals surface area (Å²) in [6.07, 6.45) is 0. The van der Waals surface area contributed by atoms with Crippen LogP contribution >= 0.6 is 11.8 Å². The molecule has 0 saturated carbocycles. The molecule has 2 rings (SSSR count). The van der Waals surface area contributed by atoms with Crippen LogP contribution < -0.4 is 10.1 Å². The Bertz CT molecular complexity index is 876. The Balaban J connectivity index is 2.08. The number of benzene rings is 2. The Morgan fingerprint density at radius 2 is 1.62 bits per heavy atom. The van der Waals surface area contributed by atoms with Gasteiger partial charge >= 0.3 is 0 Å². The predicted octanol–water partition coefficient (Wildman–Crippen LogP) is 4.73. The van der Waals surface area contributed by atoms with Gasteiger partial charge in [-0.25, -0.2) is 0 Å². The fourth-order valence-electron chi connectivity index (χ4n) is 3.45. The zero-order valence-electron chi connectivity index (χ0n) is 20.1. The third-order valence-corrected chi connectivity index (χ3v) is 6.13. The molecule has 0 saturated heterocycles. The Labute approximate surface area is 196 Å². The van der Waals surface area contributed by atoms with E-state index in [9.17, 15) is 9.59 Å². The zero-order valence-corrected chi connectivity index (χ0v) is 20.9. The number of aryl methyl sites for hydroxylation is 2. The first-order valence-electron chi connectivity index (χ1n) is 11.0. The van der Waals surface area contributed by atoms with Crippen molar-refractivity contribution in [1.82, 2.24) is 10.2 Å². The first kappa shape index (κ1) is 25.8. The Hall–Kier alpha value is -2.47. The second-order valence-electron chi connectivity index (χ2n) is 8.67. The van der Waals surface area contributed by atoms with Gasteiger partial charge in [0.2, 0.25) is 11.8 Å². The van der Waals surface area contributed by atoms with Crippen LogP contribution in [0.4, 0.5) is 0 Å². The van der Waals surface area contributed by atoms with Crippen LogP contribution in [0, 0.1) is 19.8 Å². The largest absolute Gasteiger partial charge is 0.497 e. The minimum atomic E-state index is -0.551. The second kappa shape index (κ2) is 12.5. The first-order valence-corrected chi connectivity index (χ1v) is 12.2. The summed E-state index contributed by atoms with van der Waals surface area (Å²) in [5.41, 5.74) is 4.62. The van der Waals surface area contributed by atoms with Crippen LogP contribution in [0.5, 0.6) is 5.75 Å². The number of thioether (sulfide) groups is 1. The predicted molar refractivity (Wildman–Crippen MR) is 133 cm³/mol. The van der Waals surface area contributed by atoms with Crippen molar-refractivity contribution in [1.29, 1.82) is 0 Å². The molecule has 0 aliphatic heterocycles. The van der Waals surface area contributed by atoms with Gasteiger partial charge in [-0.05, 0) is 49.9 Å². The number of carbonyl (C=O) groups is 2. The van der Waals surface area contributed by atoms with Crippen LogP contribution in [0.3, 0.4) is 0 Å². The minimum Gasteiger partial charge on any atom is -0.497 e. The van der Waals surface area contributed by atoms with Crippen molar-refractivity contribution in [3.05, 3.63) is 64.7 Å². The highest BCUT2D eigenvalue weighted by atomic mass is 32.2. The van der Waals surface area contributed by atoms with E-state index in [2.05, 4.69) is 51.2 Å². The van der Waals surface area contributed by atoms with E-state index in [0.29, 0.717) is 24.8 Å². The molecule has 0 unspecified atom stereocenters. The summed E-state index contributed by atoms with van der Waals surface area (Å²) in [5.74, 6) is 2.04. The van der Waals surface area contributed by atoms with E-state index in [4.69, 9.17) is 4.74 Å². The van der Waals surface area contributed by atoms with Crippen molar-refractivity contribution in [3.63, 3.8) is 0 Å². The van der Waals surface area contributed by atoms with Gasteiger partial charge in [-0.1, -0.05) is 55.3 Å². The second-order valence-corrected chi connectivity index (χ2v) is 9.66. The zero-order chi connectivity index (χ0) is 23.7. The summed E-state index contributed by atoms with van der Waals surface area (Å²) in [6, 6.07) is 13.5. The highest BCUT2D eigenvalue weighted by Crippen LogP contribution is 2.19. The first-order chi connectivity index (χ1) is 15.2. The van der Waals surface area contributed by atoms with Gasteiger partial charge in [0.1, 0.15) is 11.8 Å². The molecular formula is C26H36N2O3S. The number of hydrogen-bond acceptors (Lipinski definition) is 4. The summed E-state index contributed by atoms with van der Waals surface area (Å²) in [4.78, 5) is 27.6. The minimum absolute atomic E-state index is 0.0395. The van der Waals surface area contributed by atoms with Crippen LogP contribution in [0.25, 0.3) is 0 Å². The fourth-order valence-corrected chi connectivity index (χ4v) is 4.30. The van der Waals surface area contributed by atoms with Gasteiger partial charge in [0.15, 0.2) is 0 Å². The lowest BCUT2D eigenvalue weighted by atomic mass is 10.1. The Morgan fingerprint density at radius 1 is 1.00 bits per heavy atom. The maximum Gasteiger partial charge on any atom is 0.242 e. The molecule has 2 aromatic carbocycles. The molecule has 0 aliphatic carbocycles. The molecule has 1 atom stereocenters. The maximum atomic E-state index is 13.2. The molecule has 0 heterocycles. The quantitative estimate of drug-likeness (QED) is 0.531. The maximum absolute atomic E-state index is 13.2. The van der Waals surface area contributed by atoms with Crippen LogP contribution in [0.1, 0.15) is 43.0 Å². The van der Waals surface area contributed by atoms with Gasteiger partial charge in [0.05, 0.1) is 12.9 Å². The van der Waals surface area contributed by atoms with E-state index in [1.807, 2.05) is 24.3 Å². The average molecular weight is 457 g/mol. The summed E-state index contributed by atoms with van der Waals surface area (Å²) in [6.45, 7) is 11.0. The van der Waals surface area contributed by atoms with Crippen molar-refractivity contribution in [2.75, 3.05) is 19.4 Å². The number of nitrogens with one attached hydrogen (secondary N) is 1. The Kier molecular flexibility index (Phi) is 10.1. The van der Waals surface area contributed by atoms with Gasteiger partial charge in [-0.3, -0.25) is 9.59 Å². The smallest absolute Gasteiger partial charge is 0.242 e. The molecular weight excluding hydrogens is 420 g/mol. The molecule has 32 heavy (non-hydrogen) atoms. The fraction of sp³-hybridized carbons (Fsp3) is 0.462. The van der Waals surface area contributed by atoms with E-state index in [-0.39, 0.29) is 11.8 Å². The standard InChI is InChI=1S/C26H36N2O3S/c1-18(2)14-27-26(30)21(5)28(15-22-7-9-24(31-6)10-8-22)25(29)17-32-16-23-12-19(3)11-20(4)13-23/h7-13,18,21H,14-17H2,1-6H3,(H,27,30)/t21-/m1/s1. The van der Waals surface area contributed by atoms with Gasteiger partial charge in [-0.15, -0.1) is 11.8 Å². The van der Waals surface area contributed by atoms with Gasteiger partial charge in [-0.2, -0.15) is 0 Å². The molecule has 5 nitrogen and oxygen atoms in total. The van der Waals surface area contributed by atoms with Crippen molar-refractivity contribution < 1.29 is 14.3 Å². The van der Waals surface area contributed by atoms with Gasteiger partial charge < -0.3 is 15.0 Å². The van der Waals surface area contributed by atoms with Crippen molar-refractivity contribution >= 4 is 23.6 Å². The van der Waals surface area contributed by atoms with Crippen molar-refractivity contribution in [2.24, 2.45) is 5.92 Å². The van der Waals surface area contributed by atoms with Crippen LogP contribution in [-0.4, -0.2) is 42.2 Å². The molecule has 2 aromatic rings. The van der Waals surface area contributed by atoms with E-state index in [1.54, 1.807) is 30.7 Å². The van der Waals surface area contributed by atoms with E-state index in [1.165, 1.54) is 16.7 Å². The number of methoxy groups -OCH3 is 1. The van der Waals surface area contributed by atoms with Gasteiger partial charge in [0.25, 0.3) is 0 Å². The van der Waals surface area contributed by atoms with E-state index in [0.717, 1.165) is 17.1 Å². The summed E-state index contributed by atoms with van der Waals surface area (Å²) < 4.78 is 5.23. The lowest BCUT2D eigenvalue weighted by molar-refractivity contribution is -0.138. The summed E-state index contributed by atoms with van der Waals surface area (Å²) in [7, 11) is 1.62. The van der Waals surface area contributed by atoms with Crippen LogP contribution in [-0.2, 0) is 21.9 Å². The van der Waals surface area contributed by atoms with Crippen LogP contribution in [0.15, 0.2) is 42.5 Å². The average Bonchev–Trinajstić information content (AvgIpc) is 2.75. The highest BCUT2D eigenvalue weighted by molar-refractivity contribution is 7.99. The SMILES string of the molecule is COc1ccc(CN(C(=O)CSCc2cc(C)cc(C)c2)[C@H](C)C(=O)NCC(C)C)cc1. The third kappa shape index (κ3) is 8.23. The van der Waals surface area contributed by atoms with E-state index < -0.39 is 6.04 Å². The lowest BCUT2D eigenvalue weighted by Crippen LogP contribution is -2.48. The molecule has 174 valence electrons. The molecule has 0 aliphatic rings. The molecule has 0 fully saturated rings. The molecule has 0 radical (unpaired) electrons. The molecule has 1 N–H and O–H groups in total. The number of carbonyl (C=O) groups excluding carboxylic acids is 2. The summed E-state index contributed by atoms with van der Waals surface area (Å²) >= 11 is 1.58. The number of ether oxygens (including phenoxy) is 1. The van der Waals surface area contributed by atoms with E-state index >= 15 is 0 Å². The molecule has 0 aromatic heterocycles.